The molecule has 98 valence electrons. The van der Waals surface area contributed by atoms with Gasteiger partial charge in [-0.05, 0) is 36.9 Å². The lowest BCUT2D eigenvalue weighted by Crippen LogP contribution is -2.32. The Balaban J connectivity index is 2.56. The first-order chi connectivity index (χ1) is 8.58. The minimum atomic E-state index is -0.879. The molecule has 0 aromatic heterocycles. The lowest BCUT2D eigenvalue weighted by Gasteiger charge is -2.11. The summed E-state index contributed by atoms with van der Waals surface area (Å²) in [5.74, 6) is -1.64. The Morgan fingerprint density at radius 3 is 2.39 bits per heavy atom. The lowest BCUT2D eigenvalue weighted by molar-refractivity contribution is -0.141. The largest absolute Gasteiger partial charge is 0.481 e. The van der Waals surface area contributed by atoms with Gasteiger partial charge in [-0.25, -0.2) is 0 Å². The molecule has 1 atom stereocenters. The van der Waals surface area contributed by atoms with Crippen molar-refractivity contribution in [3.63, 3.8) is 0 Å². The van der Waals surface area contributed by atoms with Gasteiger partial charge in [0.15, 0.2) is 0 Å². The normalized spacial score (nSPS) is 11.9. The highest BCUT2D eigenvalue weighted by atomic mass is 32.2. The van der Waals surface area contributed by atoms with Crippen LogP contribution in [0.25, 0.3) is 0 Å². The Morgan fingerprint density at radius 1 is 1.33 bits per heavy atom. The molecular weight excluding hydrogens is 250 g/mol. The molecule has 0 aliphatic carbocycles. The number of hydrogen-bond donors (Lipinski definition) is 2. The summed E-state index contributed by atoms with van der Waals surface area (Å²) in [5, 5.41) is 11.5. The molecule has 0 fully saturated rings. The number of nitrogens with one attached hydrogen (secondary N) is 1. The summed E-state index contributed by atoms with van der Waals surface area (Å²) in [6.45, 7) is 1.95. The van der Waals surface area contributed by atoms with Crippen molar-refractivity contribution < 1.29 is 14.7 Å². The van der Waals surface area contributed by atoms with Crippen molar-refractivity contribution in [3.05, 3.63) is 29.8 Å². The van der Waals surface area contributed by atoms with E-state index in [1.165, 1.54) is 0 Å². The number of carboxylic acids is 1. The molecule has 1 amide bonds. The number of thioether (sulfide) groups is 1. The van der Waals surface area contributed by atoms with Gasteiger partial charge in [-0.1, -0.05) is 6.92 Å². The van der Waals surface area contributed by atoms with E-state index in [2.05, 4.69) is 5.32 Å². The van der Waals surface area contributed by atoms with Crippen LogP contribution in [0, 0.1) is 5.92 Å². The Kier molecular flexibility index (Phi) is 5.71. The van der Waals surface area contributed by atoms with Gasteiger partial charge >= 0.3 is 5.97 Å². The van der Waals surface area contributed by atoms with Crippen LogP contribution in [0.15, 0.2) is 29.2 Å². The highest BCUT2D eigenvalue weighted by molar-refractivity contribution is 7.98. The van der Waals surface area contributed by atoms with Crippen molar-refractivity contribution in [2.45, 2.75) is 18.2 Å². The first-order valence-electron chi connectivity index (χ1n) is 5.73. The van der Waals surface area contributed by atoms with Crippen molar-refractivity contribution in [3.8, 4) is 0 Å². The zero-order valence-electron chi connectivity index (χ0n) is 10.5. The van der Waals surface area contributed by atoms with Crippen LogP contribution in [-0.2, 0) is 4.79 Å². The highest BCUT2D eigenvalue weighted by Crippen LogP contribution is 2.14. The van der Waals surface area contributed by atoms with Gasteiger partial charge in [-0.3, -0.25) is 9.59 Å². The molecule has 1 unspecified atom stereocenters. The standard InChI is InChI=1S/C13H17NO3S/c1-3-9(13(16)17)8-14-12(15)10-4-6-11(18-2)7-5-10/h4-7,9H,3,8H2,1-2H3,(H,14,15)(H,16,17). The van der Waals surface area contributed by atoms with E-state index in [-0.39, 0.29) is 12.5 Å². The van der Waals surface area contributed by atoms with Crippen LogP contribution in [0.1, 0.15) is 23.7 Å². The van der Waals surface area contributed by atoms with Gasteiger partial charge in [0, 0.05) is 17.0 Å². The quantitative estimate of drug-likeness (QED) is 0.776. The minimum absolute atomic E-state index is 0.162. The second-order valence-electron chi connectivity index (χ2n) is 3.88. The summed E-state index contributed by atoms with van der Waals surface area (Å²) in [7, 11) is 0. The second-order valence-corrected chi connectivity index (χ2v) is 4.76. The molecule has 0 spiro atoms. The number of carboxylic acid groups (broad SMARTS) is 1. The van der Waals surface area contributed by atoms with Gasteiger partial charge < -0.3 is 10.4 Å². The van der Waals surface area contributed by atoms with Gasteiger partial charge in [-0.15, -0.1) is 11.8 Å². The topological polar surface area (TPSA) is 66.4 Å². The monoisotopic (exact) mass is 267 g/mol. The molecule has 0 bridgehead atoms. The summed E-state index contributed by atoms with van der Waals surface area (Å²) in [5.41, 5.74) is 0.549. The SMILES string of the molecule is CCC(CNC(=O)c1ccc(SC)cc1)C(=O)O. The smallest absolute Gasteiger partial charge is 0.308 e. The number of carbonyl (C=O) groups excluding carboxylic acids is 1. The molecule has 1 rings (SSSR count). The van der Waals surface area contributed by atoms with Crippen molar-refractivity contribution in [1.29, 1.82) is 0 Å². The van der Waals surface area contributed by atoms with Gasteiger partial charge in [0.05, 0.1) is 5.92 Å². The predicted molar refractivity (Wildman–Crippen MR) is 72.0 cm³/mol. The van der Waals surface area contributed by atoms with Gasteiger partial charge in [0.1, 0.15) is 0 Å². The minimum Gasteiger partial charge on any atom is -0.481 e. The molecule has 0 saturated heterocycles. The summed E-state index contributed by atoms with van der Waals surface area (Å²) < 4.78 is 0. The van der Waals surface area contributed by atoms with Crippen LogP contribution in [0.5, 0.6) is 0 Å². The summed E-state index contributed by atoms with van der Waals surface area (Å²) in [6.07, 6.45) is 2.47. The first kappa shape index (κ1) is 14.6. The third kappa shape index (κ3) is 4.07. The lowest BCUT2D eigenvalue weighted by atomic mass is 10.1. The Morgan fingerprint density at radius 2 is 1.94 bits per heavy atom. The maximum atomic E-state index is 11.8. The maximum Gasteiger partial charge on any atom is 0.308 e. The Labute approximate surface area is 111 Å². The molecule has 18 heavy (non-hydrogen) atoms. The van der Waals surface area contributed by atoms with E-state index in [1.54, 1.807) is 30.8 Å². The van der Waals surface area contributed by atoms with Crippen molar-refractivity contribution in [1.82, 2.24) is 5.32 Å². The zero-order chi connectivity index (χ0) is 13.5. The molecule has 4 nitrogen and oxygen atoms in total. The van der Waals surface area contributed by atoms with E-state index in [9.17, 15) is 9.59 Å². The number of carbonyl (C=O) groups is 2. The summed E-state index contributed by atoms with van der Waals surface area (Å²) in [4.78, 5) is 23.7. The number of hydrogen-bond acceptors (Lipinski definition) is 3. The highest BCUT2D eigenvalue weighted by Gasteiger charge is 2.16. The molecule has 1 aromatic rings. The van der Waals surface area contributed by atoms with E-state index in [4.69, 9.17) is 5.11 Å². The fourth-order valence-electron chi connectivity index (χ4n) is 1.47. The number of benzene rings is 1. The predicted octanol–water partition coefficient (Wildman–Crippen LogP) is 2.25. The first-order valence-corrected chi connectivity index (χ1v) is 6.96. The van der Waals surface area contributed by atoms with Crippen LogP contribution in [-0.4, -0.2) is 29.8 Å². The van der Waals surface area contributed by atoms with E-state index < -0.39 is 11.9 Å². The van der Waals surface area contributed by atoms with E-state index in [0.29, 0.717) is 12.0 Å². The van der Waals surface area contributed by atoms with Crippen molar-refractivity contribution >= 4 is 23.6 Å². The fourth-order valence-corrected chi connectivity index (χ4v) is 1.87. The Bertz CT molecular complexity index is 417. The van der Waals surface area contributed by atoms with Crippen molar-refractivity contribution in [2.75, 3.05) is 12.8 Å². The van der Waals surface area contributed by atoms with Gasteiger partial charge in [-0.2, -0.15) is 0 Å². The van der Waals surface area contributed by atoms with Crippen LogP contribution in [0.3, 0.4) is 0 Å². The van der Waals surface area contributed by atoms with Gasteiger partial charge in [0.25, 0.3) is 5.91 Å². The average molecular weight is 267 g/mol. The second kappa shape index (κ2) is 7.06. The number of aliphatic carboxylic acids is 1. The molecule has 0 heterocycles. The molecular formula is C13H17NO3S. The van der Waals surface area contributed by atoms with Crippen LogP contribution < -0.4 is 5.32 Å². The fraction of sp³-hybridized carbons (Fsp3) is 0.385. The Hall–Kier alpha value is -1.49. The summed E-state index contributed by atoms with van der Waals surface area (Å²) in [6, 6.07) is 7.22. The molecule has 2 N–H and O–H groups in total. The summed E-state index contributed by atoms with van der Waals surface area (Å²) >= 11 is 1.61. The zero-order valence-corrected chi connectivity index (χ0v) is 11.3. The van der Waals surface area contributed by atoms with E-state index in [0.717, 1.165) is 4.90 Å². The molecule has 5 heteroatoms. The third-order valence-corrected chi connectivity index (χ3v) is 3.45. The molecule has 0 radical (unpaired) electrons. The van der Waals surface area contributed by atoms with Crippen LogP contribution >= 0.6 is 11.8 Å². The van der Waals surface area contributed by atoms with Gasteiger partial charge in [0.2, 0.25) is 0 Å². The maximum absolute atomic E-state index is 11.8. The third-order valence-electron chi connectivity index (χ3n) is 2.70. The average Bonchev–Trinajstić information content (AvgIpc) is 2.39. The number of amides is 1. The van der Waals surface area contributed by atoms with E-state index >= 15 is 0 Å². The van der Waals surface area contributed by atoms with Crippen molar-refractivity contribution in [2.24, 2.45) is 5.92 Å². The van der Waals surface area contributed by atoms with E-state index in [1.807, 2.05) is 18.4 Å². The molecule has 0 aliphatic heterocycles. The number of rotatable bonds is 6. The molecule has 1 aromatic carbocycles. The molecule has 0 saturated carbocycles. The molecule has 0 aliphatic rings. The van der Waals surface area contributed by atoms with Crippen LogP contribution in [0.4, 0.5) is 0 Å². The van der Waals surface area contributed by atoms with Crippen LogP contribution in [0.2, 0.25) is 0 Å².